The number of anilines is 1. The van der Waals surface area contributed by atoms with Gasteiger partial charge in [0.1, 0.15) is 0 Å². The number of benzene rings is 1. The summed E-state index contributed by atoms with van der Waals surface area (Å²) in [4.78, 5) is 0.964. The van der Waals surface area contributed by atoms with E-state index >= 15 is 0 Å². The van der Waals surface area contributed by atoms with E-state index in [1.165, 1.54) is 15.6 Å². The summed E-state index contributed by atoms with van der Waals surface area (Å²) in [6, 6.07) is 3.89. The quantitative estimate of drug-likeness (QED) is 0.463. The van der Waals surface area contributed by atoms with Crippen molar-refractivity contribution in [1.29, 1.82) is 0 Å². The maximum Gasteiger partial charge on any atom is 0.0377 e. The van der Waals surface area contributed by atoms with Crippen LogP contribution in [0, 0.1) is 0 Å². The highest BCUT2D eigenvalue weighted by Gasteiger charge is 2.06. The van der Waals surface area contributed by atoms with Gasteiger partial charge in [-0.2, -0.15) is 0 Å². The number of fused-ring (bicyclic) bond motifs is 1. The Hall–Kier alpha value is -0.190. The molecule has 68 valence electrons. The minimum absolute atomic E-state index is 0.778. The molecule has 0 saturated carbocycles. The monoisotopic (exact) mass is 273 g/mol. The Labute approximate surface area is 94.5 Å². The molecular formula is C9H8BrNS2. The molecule has 0 unspecified atom stereocenters. The molecule has 0 aliphatic carbocycles. The van der Waals surface area contributed by atoms with Gasteiger partial charge >= 0.3 is 0 Å². The molecule has 0 spiro atoms. The summed E-state index contributed by atoms with van der Waals surface area (Å²) in [6.07, 6.45) is 0. The molecule has 1 nitrogen and oxygen atoms in total. The standard InChI is InChI=1S/C9H8BrNS2/c10-3-5-4-13-8-2-6(11)1-7(12)9(5)8/h1-2,4,12H,3,11H2. The van der Waals surface area contributed by atoms with E-state index < -0.39 is 0 Å². The molecule has 2 N–H and O–H groups in total. The fourth-order valence-corrected chi connectivity index (χ4v) is 3.51. The van der Waals surface area contributed by atoms with Crippen LogP contribution >= 0.6 is 39.9 Å². The van der Waals surface area contributed by atoms with Gasteiger partial charge in [-0.1, -0.05) is 15.9 Å². The second kappa shape index (κ2) is 3.52. The molecular weight excluding hydrogens is 266 g/mol. The maximum absolute atomic E-state index is 5.72. The van der Waals surface area contributed by atoms with Gasteiger partial charge in [0, 0.05) is 26.0 Å². The van der Waals surface area contributed by atoms with E-state index in [9.17, 15) is 0 Å². The second-order valence-electron chi connectivity index (χ2n) is 2.81. The Morgan fingerprint density at radius 2 is 2.23 bits per heavy atom. The molecule has 0 amide bonds. The number of alkyl halides is 1. The van der Waals surface area contributed by atoms with Crippen LogP contribution < -0.4 is 5.73 Å². The highest BCUT2D eigenvalue weighted by atomic mass is 79.9. The van der Waals surface area contributed by atoms with Crippen molar-refractivity contribution in [2.45, 2.75) is 10.2 Å². The summed E-state index contributed by atoms with van der Waals surface area (Å²) >= 11 is 9.58. The molecule has 1 aromatic carbocycles. The van der Waals surface area contributed by atoms with Crippen molar-refractivity contribution in [3.8, 4) is 0 Å². The molecule has 13 heavy (non-hydrogen) atoms. The molecule has 2 aromatic rings. The highest BCUT2D eigenvalue weighted by molar-refractivity contribution is 9.08. The van der Waals surface area contributed by atoms with Gasteiger partial charge in [-0.25, -0.2) is 0 Å². The summed E-state index contributed by atoms with van der Waals surface area (Å²) in [5.41, 5.74) is 7.78. The Balaban J connectivity index is 2.82. The zero-order chi connectivity index (χ0) is 9.42. The fraction of sp³-hybridized carbons (Fsp3) is 0.111. The summed E-state index contributed by atoms with van der Waals surface area (Å²) in [5, 5.41) is 4.22. The molecule has 0 bridgehead atoms. The molecule has 0 aliphatic rings. The van der Waals surface area contributed by atoms with Crippen molar-refractivity contribution in [3.63, 3.8) is 0 Å². The largest absolute Gasteiger partial charge is 0.399 e. The Bertz CT molecular complexity index is 450. The van der Waals surface area contributed by atoms with Crippen LogP contribution in [0.25, 0.3) is 10.1 Å². The third-order valence-corrected chi connectivity index (χ3v) is 3.83. The van der Waals surface area contributed by atoms with Crippen LogP contribution in [0.2, 0.25) is 0 Å². The number of hydrogen-bond acceptors (Lipinski definition) is 3. The molecule has 0 aliphatic heterocycles. The van der Waals surface area contributed by atoms with Gasteiger partial charge in [0.2, 0.25) is 0 Å². The number of rotatable bonds is 1. The summed E-state index contributed by atoms with van der Waals surface area (Å²) in [7, 11) is 0. The third-order valence-electron chi connectivity index (χ3n) is 1.90. The van der Waals surface area contributed by atoms with Crippen LogP contribution in [0.4, 0.5) is 5.69 Å². The minimum Gasteiger partial charge on any atom is -0.399 e. The highest BCUT2D eigenvalue weighted by Crippen LogP contribution is 2.34. The Morgan fingerprint density at radius 1 is 1.46 bits per heavy atom. The lowest BCUT2D eigenvalue weighted by Crippen LogP contribution is -1.84. The zero-order valence-electron chi connectivity index (χ0n) is 6.75. The molecule has 1 heterocycles. The average Bonchev–Trinajstić information content (AvgIpc) is 2.47. The van der Waals surface area contributed by atoms with Gasteiger partial charge in [0.05, 0.1) is 0 Å². The van der Waals surface area contributed by atoms with Gasteiger partial charge in [-0.15, -0.1) is 24.0 Å². The predicted octanol–water partition coefficient (Wildman–Crippen LogP) is 3.67. The summed E-state index contributed by atoms with van der Waals surface area (Å²) in [5.74, 6) is 0. The molecule has 1 aromatic heterocycles. The molecule has 2 rings (SSSR count). The lowest BCUT2D eigenvalue weighted by atomic mass is 10.2. The molecule has 4 heteroatoms. The van der Waals surface area contributed by atoms with E-state index in [2.05, 4.69) is 33.9 Å². The van der Waals surface area contributed by atoms with Crippen molar-refractivity contribution < 1.29 is 0 Å². The SMILES string of the molecule is Nc1cc(S)c2c(CBr)csc2c1. The first-order chi connectivity index (χ1) is 6.22. The smallest absolute Gasteiger partial charge is 0.0377 e. The number of nitrogen functional groups attached to an aromatic ring is 1. The van der Waals surface area contributed by atoms with Crippen LogP contribution in [0.3, 0.4) is 0 Å². The number of nitrogens with two attached hydrogens (primary N) is 1. The van der Waals surface area contributed by atoms with Gasteiger partial charge in [0.25, 0.3) is 0 Å². The fourth-order valence-electron chi connectivity index (χ4n) is 1.33. The van der Waals surface area contributed by atoms with E-state index in [1.54, 1.807) is 11.3 Å². The van der Waals surface area contributed by atoms with E-state index in [4.69, 9.17) is 5.73 Å². The first kappa shape index (κ1) is 9.37. The minimum atomic E-state index is 0.778. The van der Waals surface area contributed by atoms with E-state index in [0.29, 0.717) is 0 Å². The summed E-state index contributed by atoms with van der Waals surface area (Å²) in [6.45, 7) is 0. The Kier molecular flexibility index (Phi) is 2.53. The summed E-state index contributed by atoms with van der Waals surface area (Å²) < 4.78 is 1.21. The lowest BCUT2D eigenvalue weighted by Gasteiger charge is -2.00. The topological polar surface area (TPSA) is 26.0 Å². The van der Waals surface area contributed by atoms with Gasteiger partial charge in [-0.3, -0.25) is 0 Å². The first-order valence-corrected chi connectivity index (χ1v) is 6.21. The van der Waals surface area contributed by atoms with Crippen molar-refractivity contribution >= 4 is 55.7 Å². The van der Waals surface area contributed by atoms with Crippen LogP contribution in [0.1, 0.15) is 5.56 Å². The van der Waals surface area contributed by atoms with Crippen molar-refractivity contribution in [3.05, 3.63) is 23.1 Å². The second-order valence-corrected chi connectivity index (χ2v) is 4.76. The van der Waals surface area contributed by atoms with Crippen molar-refractivity contribution in [2.75, 3.05) is 5.73 Å². The first-order valence-electron chi connectivity index (χ1n) is 3.77. The number of thiol groups is 1. The van der Waals surface area contributed by atoms with Crippen LogP contribution in [0.5, 0.6) is 0 Å². The normalized spacial score (nSPS) is 10.9. The van der Waals surface area contributed by atoms with Crippen LogP contribution in [-0.4, -0.2) is 0 Å². The van der Waals surface area contributed by atoms with E-state index in [0.717, 1.165) is 15.9 Å². The van der Waals surface area contributed by atoms with Crippen molar-refractivity contribution in [1.82, 2.24) is 0 Å². The predicted molar refractivity (Wildman–Crippen MR) is 66.1 cm³/mol. The Morgan fingerprint density at radius 3 is 2.92 bits per heavy atom. The molecule has 0 radical (unpaired) electrons. The van der Waals surface area contributed by atoms with Crippen LogP contribution in [-0.2, 0) is 5.33 Å². The lowest BCUT2D eigenvalue weighted by molar-refractivity contribution is 1.48. The van der Waals surface area contributed by atoms with Gasteiger partial charge < -0.3 is 5.73 Å². The number of thiophene rings is 1. The zero-order valence-corrected chi connectivity index (χ0v) is 10.0. The maximum atomic E-state index is 5.72. The van der Waals surface area contributed by atoms with E-state index in [1.807, 2.05) is 12.1 Å². The van der Waals surface area contributed by atoms with E-state index in [-0.39, 0.29) is 0 Å². The van der Waals surface area contributed by atoms with Crippen LogP contribution in [0.15, 0.2) is 22.4 Å². The molecule has 0 atom stereocenters. The average molecular weight is 274 g/mol. The molecule has 0 saturated heterocycles. The number of halogens is 1. The van der Waals surface area contributed by atoms with Crippen molar-refractivity contribution in [2.24, 2.45) is 0 Å². The number of hydrogen-bond donors (Lipinski definition) is 2. The third kappa shape index (κ3) is 1.58. The van der Waals surface area contributed by atoms with Gasteiger partial charge in [-0.05, 0) is 23.1 Å². The van der Waals surface area contributed by atoms with Gasteiger partial charge in [0.15, 0.2) is 0 Å². The molecule has 0 fully saturated rings.